The van der Waals surface area contributed by atoms with Crippen molar-refractivity contribution < 1.29 is 9.84 Å². The van der Waals surface area contributed by atoms with E-state index >= 15 is 0 Å². The summed E-state index contributed by atoms with van der Waals surface area (Å²) in [6, 6.07) is 25.6. The monoisotopic (exact) mass is 481 g/mol. The molecule has 0 saturated heterocycles. The van der Waals surface area contributed by atoms with Crippen molar-refractivity contribution in [3.8, 4) is 35.2 Å². The van der Waals surface area contributed by atoms with Gasteiger partial charge >= 0.3 is 0 Å². The van der Waals surface area contributed by atoms with E-state index in [1.807, 2.05) is 66.7 Å². The van der Waals surface area contributed by atoms with Gasteiger partial charge in [0.05, 0.1) is 0 Å². The van der Waals surface area contributed by atoms with Gasteiger partial charge in [0.2, 0.25) is 0 Å². The van der Waals surface area contributed by atoms with Gasteiger partial charge < -0.3 is 4.74 Å². The highest BCUT2D eigenvalue weighted by atomic mass is 35.5. The van der Waals surface area contributed by atoms with E-state index < -0.39 is 0 Å². The summed E-state index contributed by atoms with van der Waals surface area (Å²) < 4.78 is 5.93. The van der Waals surface area contributed by atoms with Crippen LogP contribution in [0, 0.1) is 30.6 Å². The summed E-state index contributed by atoms with van der Waals surface area (Å²) >= 11 is 11.9. The Kier molecular flexibility index (Phi) is 7.46. The molecule has 1 radical (unpaired) electrons. The van der Waals surface area contributed by atoms with Gasteiger partial charge in [-0.1, -0.05) is 46.9 Å². The van der Waals surface area contributed by atoms with E-state index in [4.69, 9.17) is 27.9 Å². The Hall–Kier alpha value is -3.82. The van der Waals surface area contributed by atoms with Crippen LogP contribution in [0.5, 0.6) is 11.5 Å². The molecular formula is C30H19Cl2O2. The summed E-state index contributed by atoms with van der Waals surface area (Å²) in [6.07, 6.45) is 0. The molecule has 4 aromatic carbocycles. The Morgan fingerprint density at radius 2 is 1.15 bits per heavy atom. The summed E-state index contributed by atoms with van der Waals surface area (Å²) in [5.74, 6) is 13.4. The minimum Gasteiger partial charge on any atom is -0.489 e. The van der Waals surface area contributed by atoms with Crippen LogP contribution in [0.15, 0.2) is 84.9 Å². The highest BCUT2D eigenvalue weighted by molar-refractivity contribution is 6.30. The number of hydrogen-bond donors (Lipinski definition) is 0. The first-order chi connectivity index (χ1) is 16.4. The lowest BCUT2D eigenvalue weighted by Crippen LogP contribution is -1.97. The fraction of sp³-hybridized carbons (Fsp3) is 0.0667. The van der Waals surface area contributed by atoms with Crippen LogP contribution < -0.4 is 4.74 Å². The predicted molar refractivity (Wildman–Crippen MR) is 137 cm³/mol. The van der Waals surface area contributed by atoms with Crippen LogP contribution in [-0.2, 0) is 11.7 Å². The second-order valence-corrected chi connectivity index (χ2v) is 8.52. The third kappa shape index (κ3) is 6.60. The number of ether oxygens (including phenoxy) is 1. The maximum atomic E-state index is 11.6. The molecule has 0 unspecified atom stereocenters. The molecule has 165 valence electrons. The second-order valence-electron chi connectivity index (χ2n) is 7.65. The molecule has 0 aromatic heterocycles. The molecule has 0 fully saturated rings. The van der Waals surface area contributed by atoms with Crippen LogP contribution in [-0.4, -0.2) is 0 Å². The van der Waals surface area contributed by atoms with E-state index in [1.165, 1.54) is 6.07 Å². The molecule has 0 N–H and O–H groups in total. The molecule has 0 aliphatic carbocycles. The largest absolute Gasteiger partial charge is 0.489 e. The van der Waals surface area contributed by atoms with Crippen molar-refractivity contribution in [1.29, 1.82) is 0 Å². The van der Waals surface area contributed by atoms with E-state index in [1.54, 1.807) is 19.1 Å². The van der Waals surface area contributed by atoms with Crippen molar-refractivity contribution in [2.24, 2.45) is 0 Å². The summed E-state index contributed by atoms with van der Waals surface area (Å²) in [5.41, 5.74) is 4.95. The van der Waals surface area contributed by atoms with Gasteiger partial charge in [0.1, 0.15) is 12.4 Å². The van der Waals surface area contributed by atoms with Crippen LogP contribution in [0.1, 0.15) is 33.4 Å². The van der Waals surface area contributed by atoms with Gasteiger partial charge in [-0.2, -0.15) is 0 Å². The fourth-order valence-corrected chi connectivity index (χ4v) is 3.41. The van der Waals surface area contributed by atoms with Gasteiger partial charge in [0.25, 0.3) is 0 Å². The van der Waals surface area contributed by atoms with Gasteiger partial charge in [0, 0.05) is 37.9 Å². The van der Waals surface area contributed by atoms with Crippen LogP contribution in [0.2, 0.25) is 10.0 Å². The van der Waals surface area contributed by atoms with Crippen molar-refractivity contribution in [2.45, 2.75) is 13.5 Å². The standard InChI is InChI=1S/C30H19Cl2O2/c1-21-16-29(14-15-30(21)33)34-20-26-18-24(4-2-22-6-10-27(31)11-7-22)17-25(19-26)5-3-23-8-12-28(32)13-9-23/h6-19H,20H2,1H3. The molecule has 0 saturated carbocycles. The molecule has 0 atom stereocenters. The average molecular weight is 482 g/mol. The SMILES string of the molecule is Cc1cc(OCc2cc(C#Cc3ccc(Cl)cc3)cc(C#Cc3ccc(Cl)cc3)c2)ccc1[O]. The Bertz CT molecular complexity index is 1350. The van der Waals surface area contributed by atoms with Crippen molar-refractivity contribution in [3.05, 3.63) is 128 Å². The van der Waals surface area contributed by atoms with Crippen LogP contribution in [0.3, 0.4) is 0 Å². The topological polar surface area (TPSA) is 29.1 Å². The Labute approximate surface area is 209 Å². The maximum Gasteiger partial charge on any atom is 0.181 e. The van der Waals surface area contributed by atoms with Crippen LogP contribution in [0.25, 0.3) is 0 Å². The predicted octanol–water partition coefficient (Wildman–Crippen LogP) is 7.82. The van der Waals surface area contributed by atoms with Gasteiger partial charge in [-0.15, -0.1) is 0 Å². The molecule has 0 aliphatic rings. The molecule has 4 rings (SSSR count). The van der Waals surface area contributed by atoms with Gasteiger partial charge in [-0.3, -0.25) is 5.11 Å². The number of benzene rings is 4. The molecular weight excluding hydrogens is 463 g/mol. The number of aryl methyl sites for hydroxylation is 1. The first-order valence-corrected chi connectivity index (χ1v) is 11.3. The highest BCUT2D eigenvalue weighted by Crippen LogP contribution is 2.23. The van der Waals surface area contributed by atoms with Crippen molar-refractivity contribution >= 4 is 23.2 Å². The minimum atomic E-state index is -0.00780. The first kappa shape index (κ1) is 23.3. The third-order valence-electron chi connectivity index (χ3n) is 4.94. The smallest absolute Gasteiger partial charge is 0.181 e. The van der Waals surface area contributed by atoms with Crippen molar-refractivity contribution in [1.82, 2.24) is 0 Å². The summed E-state index contributed by atoms with van der Waals surface area (Å²) in [6.45, 7) is 2.09. The van der Waals surface area contributed by atoms with Gasteiger partial charge in [0.15, 0.2) is 5.75 Å². The third-order valence-corrected chi connectivity index (χ3v) is 5.44. The number of halogens is 2. The highest BCUT2D eigenvalue weighted by Gasteiger charge is 2.04. The van der Waals surface area contributed by atoms with Gasteiger partial charge in [-0.05, 0) is 97.4 Å². The maximum absolute atomic E-state index is 11.6. The van der Waals surface area contributed by atoms with E-state index in [2.05, 4.69) is 23.7 Å². The minimum absolute atomic E-state index is 0.00780. The second kappa shape index (κ2) is 10.9. The van der Waals surface area contributed by atoms with Crippen molar-refractivity contribution in [3.63, 3.8) is 0 Å². The normalized spacial score (nSPS) is 9.97. The lowest BCUT2D eigenvalue weighted by molar-refractivity contribution is 0.303. The van der Waals surface area contributed by atoms with Crippen LogP contribution >= 0.6 is 23.2 Å². The molecule has 34 heavy (non-hydrogen) atoms. The Morgan fingerprint density at radius 1 is 0.647 bits per heavy atom. The molecule has 0 aliphatic heterocycles. The Balaban J connectivity index is 1.63. The quantitative estimate of drug-likeness (QED) is 0.274. The summed E-state index contributed by atoms with van der Waals surface area (Å²) in [5, 5.41) is 13.0. The Morgan fingerprint density at radius 3 is 1.65 bits per heavy atom. The molecule has 0 amide bonds. The zero-order valence-corrected chi connectivity index (χ0v) is 19.9. The number of hydrogen-bond acceptors (Lipinski definition) is 1. The molecule has 0 bridgehead atoms. The van der Waals surface area contributed by atoms with Crippen molar-refractivity contribution in [2.75, 3.05) is 0 Å². The zero-order valence-electron chi connectivity index (χ0n) is 18.4. The fourth-order valence-electron chi connectivity index (χ4n) is 3.15. The molecule has 2 nitrogen and oxygen atoms in total. The van der Waals surface area contributed by atoms with Gasteiger partial charge in [-0.25, -0.2) is 0 Å². The van der Waals surface area contributed by atoms with E-state index in [0.717, 1.165) is 27.8 Å². The molecule has 4 aromatic rings. The molecule has 0 heterocycles. The van der Waals surface area contributed by atoms with E-state index in [0.29, 0.717) is 28.0 Å². The number of rotatable bonds is 3. The molecule has 4 heteroatoms. The average Bonchev–Trinajstić information content (AvgIpc) is 2.84. The lowest BCUT2D eigenvalue weighted by atomic mass is 10.1. The summed E-state index contributed by atoms with van der Waals surface area (Å²) in [4.78, 5) is 0. The first-order valence-electron chi connectivity index (χ1n) is 10.5. The van der Waals surface area contributed by atoms with E-state index in [-0.39, 0.29) is 5.75 Å². The van der Waals surface area contributed by atoms with Crippen LogP contribution in [0.4, 0.5) is 0 Å². The zero-order chi connectivity index (χ0) is 23.9. The molecule has 0 spiro atoms. The van der Waals surface area contributed by atoms with E-state index in [9.17, 15) is 5.11 Å². The summed E-state index contributed by atoms with van der Waals surface area (Å²) in [7, 11) is 0. The lowest BCUT2D eigenvalue weighted by Gasteiger charge is -2.08.